The fourth-order valence-electron chi connectivity index (χ4n) is 2.72. The monoisotopic (exact) mass is 263 g/mol. The first-order chi connectivity index (χ1) is 8.90. The largest absolute Gasteiger partial charge is 0.348 e. The van der Waals surface area contributed by atoms with Crippen molar-refractivity contribution < 1.29 is 0 Å². The van der Waals surface area contributed by atoms with Crippen LogP contribution in [0.5, 0.6) is 0 Å². The lowest BCUT2D eigenvalue weighted by molar-refractivity contribution is 0.688. The highest BCUT2D eigenvalue weighted by Crippen LogP contribution is 2.44. The van der Waals surface area contributed by atoms with Crippen LogP contribution < -0.4 is 10.2 Å². The van der Waals surface area contributed by atoms with Gasteiger partial charge >= 0.3 is 0 Å². The molecule has 0 atom stereocenters. The second-order valence-corrected chi connectivity index (χ2v) is 6.99. The van der Waals surface area contributed by atoms with Crippen LogP contribution in [0.4, 0.5) is 5.13 Å². The molecule has 4 heteroatoms. The second kappa shape index (κ2) is 4.49. The summed E-state index contributed by atoms with van der Waals surface area (Å²) in [5.41, 5.74) is 1.43. The molecule has 1 aromatic heterocycles. The average molecular weight is 263 g/mol. The number of anilines is 1. The van der Waals surface area contributed by atoms with E-state index in [0.717, 1.165) is 18.5 Å². The summed E-state index contributed by atoms with van der Waals surface area (Å²) in [6.45, 7) is 3.49. The van der Waals surface area contributed by atoms with Gasteiger partial charge in [-0.15, -0.1) is 11.3 Å². The number of rotatable bonds is 5. The average Bonchev–Trinajstić information content (AvgIpc) is 3.30. The van der Waals surface area contributed by atoms with Crippen molar-refractivity contribution in [3.05, 3.63) is 10.6 Å². The highest BCUT2D eigenvalue weighted by Gasteiger charge is 2.31. The van der Waals surface area contributed by atoms with Crippen molar-refractivity contribution >= 4 is 16.5 Å². The molecule has 3 fully saturated rings. The SMILES string of the molecule is C1CCN(c2nc(C3CC3)c(CNC3CC3)s2)C1. The van der Waals surface area contributed by atoms with Crippen molar-refractivity contribution in [2.75, 3.05) is 18.0 Å². The highest BCUT2D eigenvalue weighted by molar-refractivity contribution is 7.15. The van der Waals surface area contributed by atoms with E-state index in [-0.39, 0.29) is 0 Å². The zero-order valence-corrected chi connectivity index (χ0v) is 11.6. The third-order valence-corrected chi connectivity index (χ3v) is 5.32. The Balaban J connectivity index is 1.53. The maximum absolute atomic E-state index is 4.96. The Kier molecular flexibility index (Phi) is 2.81. The van der Waals surface area contributed by atoms with Gasteiger partial charge in [-0.2, -0.15) is 0 Å². The van der Waals surface area contributed by atoms with E-state index in [4.69, 9.17) is 4.98 Å². The molecule has 1 aromatic rings. The molecule has 2 heterocycles. The van der Waals surface area contributed by atoms with Gasteiger partial charge in [-0.1, -0.05) is 0 Å². The molecule has 1 saturated heterocycles. The van der Waals surface area contributed by atoms with Crippen molar-refractivity contribution in [2.45, 2.75) is 57.0 Å². The lowest BCUT2D eigenvalue weighted by Crippen LogP contribution is -2.17. The van der Waals surface area contributed by atoms with Crippen molar-refractivity contribution in [2.24, 2.45) is 0 Å². The molecule has 0 unspecified atom stereocenters. The first kappa shape index (κ1) is 11.2. The van der Waals surface area contributed by atoms with Gasteiger partial charge in [0.05, 0.1) is 5.69 Å². The summed E-state index contributed by atoms with van der Waals surface area (Å²) < 4.78 is 0. The van der Waals surface area contributed by atoms with E-state index >= 15 is 0 Å². The van der Waals surface area contributed by atoms with Crippen LogP contribution in [0.15, 0.2) is 0 Å². The maximum atomic E-state index is 4.96. The molecular formula is C14H21N3S. The van der Waals surface area contributed by atoms with Crippen LogP contribution in [0.2, 0.25) is 0 Å². The fraction of sp³-hybridized carbons (Fsp3) is 0.786. The van der Waals surface area contributed by atoms with Gasteiger partial charge in [0.1, 0.15) is 0 Å². The Labute approximate surface area is 113 Å². The normalized spacial score (nSPS) is 23.9. The third-order valence-electron chi connectivity index (χ3n) is 4.19. The summed E-state index contributed by atoms with van der Waals surface area (Å²) in [6.07, 6.45) is 8.15. The molecular weight excluding hydrogens is 242 g/mol. The molecule has 4 rings (SSSR count). The molecule has 0 spiro atoms. The summed E-state index contributed by atoms with van der Waals surface area (Å²) in [6, 6.07) is 0.800. The van der Waals surface area contributed by atoms with Crippen LogP contribution in [0.3, 0.4) is 0 Å². The molecule has 3 aliphatic rings. The van der Waals surface area contributed by atoms with Crippen molar-refractivity contribution in [1.29, 1.82) is 0 Å². The van der Waals surface area contributed by atoms with Gasteiger partial charge in [-0.3, -0.25) is 0 Å². The van der Waals surface area contributed by atoms with Crippen LogP contribution in [0, 0.1) is 0 Å². The molecule has 3 nitrogen and oxygen atoms in total. The van der Waals surface area contributed by atoms with E-state index in [0.29, 0.717) is 0 Å². The molecule has 1 aliphatic heterocycles. The van der Waals surface area contributed by atoms with Crippen molar-refractivity contribution in [3.8, 4) is 0 Å². The highest BCUT2D eigenvalue weighted by atomic mass is 32.1. The maximum Gasteiger partial charge on any atom is 0.185 e. The summed E-state index contributed by atoms with van der Waals surface area (Å²) in [7, 11) is 0. The van der Waals surface area contributed by atoms with Gasteiger partial charge in [0.15, 0.2) is 5.13 Å². The molecule has 0 amide bonds. The summed E-state index contributed by atoms with van der Waals surface area (Å²) in [5.74, 6) is 0.786. The first-order valence-electron chi connectivity index (χ1n) is 7.38. The zero-order valence-electron chi connectivity index (χ0n) is 10.8. The van der Waals surface area contributed by atoms with E-state index in [1.807, 2.05) is 11.3 Å². The van der Waals surface area contributed by atoms with E-state index in [1.54, 1.807) is 0 Å². The summed E-state index contributed by atoms with van der Waals surface area (Å²) >= 11 is 1.95. The number of nitrogens with zero attached hydrogens (tertiary/aromatic N) is 2. The van der Waals surface area contributed by atoms with Crippen LogP contribution in [0.1, 0.15) is 55.0 Å². The molecule has 0 bridgehead atoms. The molecule has 0 aromatic carbocycles. The predicted molar refractivity (Wildman–Crippen MR) is 75.4 cm³/mol. The molecule has 98 valence electrons. The van der Waals surface area contributed by atoms with Crippen molar-refractivity contribution in [1.82, 2.24) is 10.3 Å². The number of aromatic nitrogens is 1. The second-order valence-electron chi connectivity index (χ2n) is 5.93. The summed E-state index contributed by atoms with van der Waals surface area (Å²) in [4.78, 5) is 8.96. The summed E-state index contributed by atoms with van der Waals surface area (Å²) in [5, 5.41) is 4.95. The third kappa shape index (κ3) is 2.28. The van der Waals surface area contributed by atoms with Gasteiger partial charge in [0.25, 0.3) is 0 Å². The minimum Gasteiger partial charge on any atom is -0.348 e. The standard InChI is InChI=1S/C14H21N3S/c1-2-8-17(7-1)14-16-13(10-3-4-10)12(18-14)9-15-11-5-6-11/h10-11,15H,1-9H2. The Hall–Kier alpha value is -0.610. The van der Waals surface area contributed by atoms with Gasteiger partial charge in [0.2, 0.25) is 0 Å². The smallest absolute Gasteiger partial charge is 0.185 e. The Bertz CT molecular complexity index is 428. The lowest BCUT2D eigenvalue weighted by Gasteiger charge is -2.12. The topological polar surface area (TPSA) is 28.2 Å². The molecule has 2 aliphatic carbocycles. The van der Waals surface area contributed by atoms with Crippen LogP contribution in [-0.2, 0) is 6.54 Å². The molecule has 2 saturated carbocycles. The van der Waals surface area contributed by atoms with Crippen molar-refractivity contribution in [3.63, 3.8) is 0 Å². The Morgan fingerprint density at radius 3 is 2.61 bits per heavy atom. The number of nitrogens with one attached hydrogen (secondary N) is 1. The molecule has 0 radical (unpaired) electrons. The minimum atomic E-state index is 0.786. The fourth-order valence-corrected chi connectivity index (χ4v) is 3.87. The van der Waals surface area contributed by atoms with E-state index in [1.165, 1.54) is 67.3 Å². The van der Waals surface area contributed by atoms with Crippen LogP contribution in [-0.4, -0.2) is 24.1 Å². The number of hydrogen-bond acceptors (Lipinski definition) is 4. The van der Waals surface area contributed by atoms with Crippen LogP contribution in [0.25, 0.3) is 0 Å². The van der Waals surface area contributed by atoms with E-state index in [9.17, 15) is 0 Å². The van der Waals surface area contributed by atoms with Gasteiger partial charge in [-0.25, -0.2) is 4.98 Å². The predicted octanol–water partition coefficient (Wildman–Crippen LogP) is 2.87. The number of hydrogen-bond donors (Lipinski definition) is 1. The lowest BCUT2D eigenvalue weighted by atomic mass is 10.2. The van der Waals surface area contributed by atoms with E-state index in [2.05, 4.69) is 10.2 Å². The minimum absolute atomic E-state index is 0.786. The van der Waals surface area contributed by atoms with Gasteiger partial charge in [-0.05, 0) is 38.5 Å². The quantitative estimate of drug-likeness (QED) is 0.885. The first-order valence-corrected chi connectivity index (χ1v) is 8.20. The Morgan fingerprint density at radius 1 is 1.17 bits per heavy atom. The van der Waals surface area contributed by atoms with Crippen LogP contribution >= 0.6 is 11.3 Å². The molecule has 1 N–H and O–H groups in total. The molecule has 18 heavy (non-hydrogen) atoms. The van der Waals surface area contributed by atoms with E-state index < -0.39 is 0 Å². The van der Waals surface area contributed by atoms with Gasteiger partial charge in [0, 0.05) is 36.5 Å². The zero-order chi connectivity index (χ0) is 11.9. The van der Waals surface area contributed by atoms with Gasteiger partial charge < -0.3 is 10.2 Å². The Morgan fingerprint density at radius 2 is 1.94 bits per heavy atom. The number of thiazole rings is 1.